The molecule has 1 aromatic rings. The lowest BCUT2D eigenvalue weighted by Gasteiger charge is -2.36. The first-order valence-corrected chi connectivity index (χ1v) is 11.1. The Labute approximate surface area is 160 Å². The third-order valence-corrected chi connectivity index (χ3v) is 6.99. The number of halogens is 1. The highest BCUT2D eigenvalue weighted by molar-refractivity contribution is 7.91. The number of amides is 1. The van der Waals surface area contributed by atoms with Gasteiger partial charge in [0.25, 0.3) is 0 Å². The fourth-order valence-corrected chi connectivity index (χ4v) is 4.92. The third kappa shape index (κ3) is 4.97. The molecule has 0 bridgehead atoms. The fourth-order valence-electron chi connectivity index (χ4n) is 3.51. The number of likely N-dealkylation sites (tertiary alicyclic amines) is 1. The van der Waals surface area contributed by atoms with Gasteiger partial charge >= 0.3 is 0 Å². The Bertz CT molecular complexity index is 717. The Morgan fingerprint density at radius 2 is 1.85 bits per heavy atom. The molecule has 2 saturated heterocycles. The predicted molar refractivity (Wildman–Crippen MR) is 100 cm³/mol. The van der Waals surface area contributed by atoms with Crippen LogP contribution in [-0.2, 0) is 19.4 Å². The van der Waals surface area contributed by atoms with E-state index in [0.717, 1.165) is 19.4 Å². The van der Waals surface area contributed by atoms with Crippen LogP contribution in [0.15, 0.2) is 29.2 Å². The zero-order valence-corrected chi connectivity index (χ0v) is 16.3. The van der Waals surface area contributed by atoms with Crippen molar-refractivity contribution in [1.29, 1.82) is 0 Å². The number of carbonyl (C=O) groups excluding carboxylic acids is 1. The van der Waals surface area contributed by atoms with Gasteiger partial charge in [0, 0.05) is 31.2 Å². The average Bonchev–Trinajstić information content (AvgIpc) is 2.67. The zero-order valence-electron chi connectivity index (χ0n) is 14.8. The monoisotopic (exact) mass is 400 g/mol. The number of rotatable bonds is 5. The molecule has 1 aromatic carbocycles. The lowest BCUT2D eigenvalue weighted by Crippen LogP contribution is -2.49. The van der Waals surface area contributed by atoms with Crippen LogP contribution in [-0.4, -0.2) is 75.8 Å². The second-order valence-electron chi connectivity index (χ2n) is 6.85. The van der Waals surface area contributed by atoms with E-state index in [1.54, 1.807) is 24.3 Å². The number of nitrogens with zero attached hydrogens (tertiary/aromatic N) is 2. The van der Waals surface area contributed by atoms with Gasteiger partial charge in [-0.25, -0.2) is 8.42 Å². The highest BCUT2D eigenvalue weighted by atomic mass is 35.5. The Morgan fingerprint density at radius 1 is 1.15 bits per heavy atom. The van der Waals surface area contributed by atoms with Crippen molar-refractivity contribution in [2.45, 2.75) is 17.7 Å². The van der Waals surface area contributed by atoms with Crippen molar-refractivity contribution < 1.29 is 17.9 Å². The topological polar surface area (TPSA) is 66.9 Å². The summed E-state index contributed by atoms with van der Waals surface area (Å²) in [5, 5.41) is 0.518. The quantitative estimate of drug-likeness (QED) is 0.752. The summed E-state index contributed by atoms with van der Waals surface area (Å²) in [5.41, 5.74) is 0. The van der Waals surface area contributed by atoms with E-state index in [0.29, 0.717) is 49.3 Å². The van der Waals surface area contributed by atoms with Crippen LogP contribution in [0, 0.1) is 5.92 Å². The van der Waals surface area contributed by atoms with Crippen molar-refractivity contribution in [1.82, 2.24) is 9.80 Å². The van der Waals surface area contributed by atoms with Crippen LogP contribution in [0.4, 0.5) is 0 Å². The first-order valence-electron chi connectivity index (χ1n) is 9.03. The number of hydrogen-bond acceptors (Lipinski definition) is 5. The van der Waals surface area contributed by atoms with E-state index < -0.39 is 9.84 Å². The van der Waals surface area contributed by atoms with Gasteiger partial charge in [-0.15, -0.1) is 0 Å². The summed E-state index contributed by atoms with van der Waals surface area (Å²) in [5.74, 6) is 0.186. The molecule has 26 heavy (non-hydrogen) atoms. The van der Waals surface area contributed by atoms with Crippen LogP contribution in [0.2, 0.25) is 5.02 Å². The third-order valence-electron chi connectivity index (χ3n) is 5.03. The fraction of sp³-hybridized carbons (Fsp3) is 0.611. The summed E-state index contributed by atoms with van der Waals surface area (Å²) in [6.07, 6.45) is 1.79. The Morgan fingerprint density at radius 3 is 2.54 bits per heavy atom. The van der Waals surface area contributed by atoms with Crippen molar-refractivity contribution in [3.8, 4) is 0 Å². The molecule has 1 unspecified atom stereocenters. The standard InChI is InChI=1S/C18H25ClN2O4S/c19-16-3-5-17(6-4-16)26(23,24)13-10-20-7-1-2-15(14-20)18(22)21-8-11-25-12-9-21/h3-6,15H,1-2,7-14H2. The van der Waals surface area contributed by atoms with E-state index in [-0.39, 0.29) is 17.6 Å². The molecule has 0 spiro atoms. The number of carbonyl (C=O) groups is 1. The molecule has 144 valence electrons. The van der Waals surface area contributed by atoms with Crippen molar-refractivity contribution in [3.05, 3.63) is 29.3 Å². The minimum atomic E-state index is -3.35. The maximum Gasteiger partial charge on any atom is 0.227 e. The highest BCUT2D eigenvalue weighted by Gasteiger charge is 2.30. The molecule has 1 atom stereocenters. The smallest absolute Gasteiger partial charge is 0.227 e. The molecule has 2 aliphatic rings. The Balaban J connectivity index is 1.54. The first-order chi connectivity index (χ1) is 12.5. The first kappa shape index (κ1) is 19.6. The molecule has 6 nitrogen and oxygen atoms in total. The lowest BCUT2D eigenvalue weighted by atomic mass is 9.96. The summed E-state index contributed by atoms with van der Waals surface area (Å²) >= 11 is 5.82. The lowest BCUT2D eigenvalue weighted by molar-refractivity contribution is -0.141. The molecule has 0 saturated carbocycles. The molecule has 1 amide bonds. The van der Waals surface area contributed by atoms with Crippen molar-refractivity contribution >= 4 is 27.3 Å². The molecule has 2 fully saturated rings. The molecule has 8 heteroatoms. The Kier molecular flexibility index (Phi) is 6.55. The van der Waals surface area contributed by atoms with Gasteiger partial charge in [-0.2, -0.15) is 0 Å². The molecular formula is C18H25ClN2O4S. The van der Waals surface area contributed by atoms with E-state index in [1.165, 1.54) is 0 Å². The zero-order chi connectivity index (χ0) is 18.6. The summed E-state index contributed by atoms with van der Waals surface area (Å²) in [6.45, 7) is 4.41. The molecule has 0 aromatic heterocycles. The van der Waals surface area contributed by atoms with E-state index >= 15 is 0 Å². The van der Waals surface area contributed by atoms with Gasteiger partial charge in [0.15, 0.2) is 9.84 Å². The highest BCUT2D eigenvalue weighted by Crippen LogP contribution is 2.21. The summed E-state index contributed by atoms with van der Waals surface area (Å²) in [7, 11) is -3.35. The maximum atomic E-state index is 12.7. The number of ether oxygens (including phenoxy) is 1. The van der Waals surface area contributed by atoms with Crippen LogP contribution >= 0.6 is 11.6 Å². The van der Waals surface area contributed by atoms with Gasteiger partial charge in [0.1, 0.15) is 0 Å². The van der Waals surface area contributed by atoms with Crippen molar-refractivity contribution in [3.63, 3.8) is 0 Å². The molecule has 2 aliphatic heterocycles. The number of benzene rings is 1. The van der Waals surface area contributed by atoms with Gasteiger partial charge in [-0.3, -0.25) is 4.79 Å². The maximum absolute atomic E-state index is 12.7. The van der Waals surface area contributed by atoms with Gasteiger partial charge < -0.3 is 14.5 Å². The SMILES string of the molecule is O=C(C1CCCN(CCS(=O)(=O)c2ccc(Cl)cc2)C1)N1CCOCC1. The minimum Gasteiger partial charge on any atom is -0.378 e. The van der Waals surface area contributed by atoms with E-state index in [2.05, 4.69) is 4.90 Å². The molecule has 3 rings (SSSR count). The second-order valence-corrected chi connectivity index (χ2v) is 9.40. The average molecular weight is 401 g/mol. The van der Waals surface area contributed by atoms with E-state index in [9.17, 15) is 13.2 Å². The molecule has 2 heterocycles. The van der Waals surface area contributed by atoms with Gasteiger partial charge in [-0.1, -0.05) is 11.6 Å². The van der Waals surface area contributed by atoms with Gasteiger partial charge in [0.05, 0.1) is 29.8 Å². The summed E-state index contributed by atoms with van der Waals surface area (Å²) < 4.78 is 30.3. The predicted octanol–water partition coefficient (Wildman–Crippen LogP) is 1.68. The summed E-state index contributed by atoms with van der Waals surface area (Å²) in [4.78, 5) is 16.9. The normalized spacial score (nSPS) is 22.3. The largest absolute Gasteiger partial charge is 0.378 e. The van der Waals surface area contributed by atoms with E-state index in [4.69, 9.17) is 16.3 Å². The molecule has 0 aliphatic carbocycles. The minimum absolute atomic E-state index is 0.0416. The van der Waals surface area contributed by atoms with Crippen LogP contribution < -0.4 is 0 Å². The molecule has 0 radical (unpaired) electrons. The van der Waals surface area contributed by atoms with Gasteiger partial charge in [-0.05, 0) is 43.7 Å². The van der Waals surface area contributed by atoms with Gasteiger partial charge in [0.2, 0.25) is 5.91 Å². The summed E-state index contributed by atoms with van der Waals surface area (Å²) in [6, 6.07) is 6.26. The molecule has 0 N–H and O–H groups in total. The Hall–Kier alpha value is -1.15. The second kappa shape index (κ2) is 8.69. The van der Waals surface area contributed by atoms with Crippen LogP contribution in [0.5, 0.6) is 0 Å². The number of sulfone groups is 1. The number of piperidine rings is 1. The number of morpholine rings is 1. The van der Waals surface area contributed by atoms with Crippen molar-refractivity contribution in [2.24, 2.45) is 5.92 Å². The molecular weight excluding hydrogens is 376 g/mol. The number of hydrogen-bond donors (Lipinski definition) is 0. The van der Waals surface area contributed by atoms with Crippen LogP contribution in [0.25, 0.3) is 0 Å². The van der Waals surface area contributed by atoms with Crippen LogP contribution in [0.1, 0.15) is 12.8 Å². The van der Waals surface area contributed by atoms with Crippen LogP contribution in [0.3, 0.4) is 0 Å². The van der Waals surface area contributed by atoms with Crippen molar-refractivity contribution in [2.75, 3.05) is 51.7 Å². The van der Waals surface area contributed by atoms with E-state index in [1.807, 2.05) is 4.90 Å².